The number of H-pyrrole nitrogens is 1. The largest absolute Gasteiger partial charge is 0.396 e. The Morgan fingerprint density at radius 2 is 2.38 bits per heavy atom. The summed E-state index contributed by atoms with van der Waals surface area (Å²) in [6.45, 7) is 2.41. The number of hydrogen-bond donors (Lipinski definition) is 2. The fourth-order valence-corrected chi connectivity index (χ4v) is 1.90. The summed E-state index contributed by atoms with van der Waals surface area (Å²) in [6.07, 6.45) is 0.545. The highest BCUT2D eigenvalue weighted by atomic mass is 79.9. The Hall–Kier alpha value is -1.14. The van der Waals surface area contributed by atoms with Crippen LogP contribution >= 0.6 is 15.9 Å². The standard InChI is InChI=1S/C10H12BrN3O2/c1-6-7(11)5-8-9(12-6)14(3-2-4-15)10(16)13-8/h5,15H,2-4H2,1H3,(H,13,16). The Labute approximate surface area is 100 Å². The molecular formula is C10H12BrN3O2. The fourth-order valence-electron chi connectivity index (χ4n) is 1.58. The number of fused-ring (bicyclic) bond motifs is 1. The number of hydrogen-bond acceptors (Lipinski definition) is 3. The van der Waals surface area contributed by atoms with Gasteiger partial charge in [-0.25, -0.2) is 9.78 Å². The van der Waals surface area contributed by atoms with Gasteiger partial charge in [0.15, 0.2) is 5.65 Å². The maximum atomic E-state index is 11.6. The van der Waals surface area contributed by atoms with E-state index in [1.807, 2.05) is 13.0 Å². The molecule has 6 heteroatoms. The third kappa shape index (κ3) is 1.90. The van der Waals surface area contributed by atoms with E-state index in [0.29, 0.717) is 24.1 Å². The Morgan fingerprint density at radius 3 is 3.06 bits per heavy atom. The summed E-state index contributed by atoms with van der Waals surface area (Å²) in [7, 11) is 0. The molecular weight excluding hydrogens is 274 g/mol. The predicted molar refractivity (Wildman–Crippen MR) is 64.5 cm³/mol. The minimum atomic E-state index is -0.187. The second kappa shape index (κ2) is 4.39. The van der Waals surface area contributed by atoms with Crippen molar-refractivity contribution in [3.8, 4) is 0 Å². The lowest BCUT2D eigenvalue weighted by Gasteiger charge is -2.02. The average Bonchev–Trinajstić information content (AvgIpc) is 2.52. The molecule has 2 aromatic rings. The highest BCUT2D eigenvalue weighted by Crippen LogP contribution is 2.18. The molecule has 0 aromatic carbocycles. The van der Waals surface area contributed by atoms with E-state index in [1.54, 1.807) is 4.57 Å². The zero-order valence-electron chi connectivity index (χ0n) is 8.83. The van der Waals surface area contributed by atoms with Gasteiger partial charge in [0.2, 0.25) is 0 Å². The topological polar surface area (TPSA) is 70.9 Å². The summed E-state index contributed by atoms with van der Waals surface area (Å²) in [5, 5.41) is 8.77. The zero-order valence-corrected chi connectivity index (χ0v) is 10.4. The number of aryl methyl sites for hydroxylation is 2. The summed E-state index contributed by atoms with van der Waals surface area (Å²) in [5.41, 5.74) is 2.00. The van der Waals surface area contributed by atoms with Gasteiger partial charge in [0.05, 0.1) is 11.2 Å². The van der Waals surface area contributed by atoms with Crippen LogP contribution in [0.3, 0.4) is 0 Å². The molecule has 0 amide bonds. The van der Waals surface area contributed by atoms with E-state index in [1.165, 1.54) is 0 Å². The molecule has 0 aliphatic carbocycles. The van der Waals surface area contributed by atoms with Crippen LogP contribution in [0.2, 0.25) is 0 Å². The van der Waals surface area contributed by atoms with Gasteiger partial charge in [-0.15, -0.1) is 0 Å². The van der Waals surface area contributed by atoms with Crippen molar-refractivity contribution in [3.05, 3.63) is 26.7 Å². The summed E-state index contributed by atoms with van der Waals surface area (Å²) in [6, 6.07) is 1.84. The molecule has 2 N–H and O–H groups in total. The Morgan fingerprint density at radius 1 is 1.62 bits per heavy atom. The van der Waals surface area contributed by atoms with Crippen LogP contribution in [0.5, 0.6) is 0 Å². The maximum absolute atomic E-state index is 11.6. The Bertz CT molecular complexity index is 573. The van der Waals surface area contributed by atoms with Gasteiger partial charge in [-0.2, -0.15) is 0 Å². The first-order valence-electron chi connectivity index (χ1n) is 5.00. The second-order valence-corrected chi connectivity index (χ2v) is 4.44. The van der Waals surface area contributed by atoms with E-state index in [-0.39, 0.29) is 12.3 Å². The predicted octanol–water partition coefficient (Wildman–Crippen LogP) is 1.18. The number of halogens is 1. The molecule has 0 saturated carbocycles. The van der Waals surface area contributed by atoms with Crippen LogP contribution in [0.1, 0.15) is 12.1 Å². The van der Waals surface area contributed by atoms with Crippen molar-refractivity contribution in [1.29, 1.82) is 0 Å². The molecule has 86 valence electrons. The summed E-state index contributed by atoms with van der Waals surface area (Å²) in [5.74, 6) is 0. The van der Waals surface area contributed by atoms with Gasteiger partial charge in [-0.3, -0.25) is 4.57 Å². The molecule has 0 aliphatic rings. The van der Waals surface area contributed by atoms with Crippen molar-refractivity contribution >= 4 is 27.1 Å². The van der Waals surface area contributed by atoms with Gasteiger partial charge in [-0.05, 0) is 35.3 Å². The molecule has 0 aliphatic heterocycles. The first-order valence-corrected chi connectivity index (χ1v) is 5.79. The van der Waals surface area contributed by atoms with E-state index in [0.717, 1.165) is 10.2 Å². The van der Waals surface area contributed by atoms with E-state index in [4.69, 9.17) is 5.11 Å². The highest BCUT2D eigenvalue weighted by molar-refractivity contribution is 9.10. The molecule has 2 heterocycles. The van der Waals surface area contributed by atoms with Crippen molar-refractivity contribution in [3.63, 3.8) is 0 Å². The average molecular weight is 286 g/mol. The van der Waals surface area contributed by atoms with Crippen molar-refractivity contribution in [2.45, 2.75) is 19.9 Å². The number of nitrogens with zero attached hydrogens (tertiary/aromatic N) is 2. The number of imidazole rings is 1. The molecule has 5 nitrogen and oxygen atoms in total. The SMILES string of the molecule is Cc1nc2c(cc1Br)[nH]c(=O)n2CCCO. The minimum absolute atomic E-state index is 0.0641. The highest BCUT2D eigenvalue weighted by Gasteiger charge is 2.09. The number of aliphatic hydroxyl groups excluding tert-OH is 1. The number of pyridine rings is 1. The number of aromatic nitrogens is 3. The second-order valence-electron chi connectivity index (χ2n) is 3.59. The number of nitrogens with one attached hydrogen (secondary N) is 1. The lowest BCUT2D eigenvalue weighted by Crippen LogP contribution is -2.17. The lowest BCUT2D eigenvalue weighted by atomic mass is 10.3. The molecule has 0 bridgehead atoms. The first kappa shape index (κ1) is 11.3. The molecule has 16 heavy (non-hydrogen) atoms. The van der Waals surface area contributed by atoms with Crippen molar-refractivity contribution in [2.24, 2.45) is 0 Å². The van der Waals surface area contributed by atoms with Crippen molar-refractivity contribution in [2.75, 3.05) is 6.61 Å². The van der Waals surface area contributed by atoms with Crippen molar-refractivity contribution < 1.29 is 5.11 Å². The lowest BCUT2D eigenvalue weighted by molar-refractivity contribution is 0.280. The summed E-state index contributed by atoms with van der Waals surface area (Å²) in [4.78, 5) is 18.7. The van der Waals surface area contributed by atoms with Gasteiger partial charge in [0.1, 0.15) is 0 Å². The Kier molecular flexibility index (Phi) is 3.11. The molecule has 0 unspecified atom stereocenters. The van der Waals surface area contributed by atoms with E-state index in [9.17, 15) is 4.79 Å². The molecule has 0 saturated heterocycles. The van der Waals surface area contributed by atoms with Crippen LogP contribution in [0.25, 0.3) is 11.2 Å². The number of aliphatic hydroxyl groups is 1. The first-order chi connectivity index (χ1) is 7.63. The number of aromatic amines is 1. The maximum Gasteiger partial charge on any atom is 0.327 e. The third-order valence-corrected chi connectivity index (χ3v) is 3.22. The van der Waals surface area contributed by atoms with Gasteiger partial charge in [0, 0.05) is 17.6 Å². The third-order valence-electron chi connectivity index (χ3n) is 2.41. The quantitative estimate of drug-likeness (QED) is 0.890. The van der Waals surface area contributed by atoms with Crippen LogP contribution in [-0.4, -0.2) is 26.2 Å². The zero-order chi connectivity index (χ0) is 11.7. The van der Waals surface area contributed by atoms with Crippen molar-refractivity contribution in [1.82, 2.24) is 14.5 Å². The van der Waals surface area contributed by atoms with E-state index < -0.39 is 0 Å². The normalized spacial score (nSPS) is 11.2. The molecule has 2 aromatic heterocycles. The fraction of sp³-hybridized carbons (Fsp3) is 0.400. The van der Waals surface area contributed by atoms with Gasteiger partial charge in [-0.1, -0.05) is 0 Å². The van der Waals surface area contributed by atoms with Gasteiger partial charge >= 0.3 is 5.69 Å². The molecule has 0 spiro atoms. The van der Waals surface area contributed by atoms with Crippen LogP contribution in [0.15, 0.2) is 15.3 Å². The van der Waals surface area contributed by atoms with Crippen LogP contribution in [0, 0.1) is 6.92 Å². The summed E-state index contributed by atoms with van der Waals surface area (Å²) < 4.78 is 2.42. The van der Waals surface area contributed by atoms with Gasteiger partial charge in [0.25, 0.3) is 0 Å². The molecule has 0 fully saturated rings. The minimum Gasteiger partial charge on any atom is -0.396 e. The van der Waals surface area contributed by atoms with E-state index >= 15 is 0 Å². The summed E-state index contributed by atoms with van der Waals surface area (Å²) >= 11 is 3.37. The molecule has 0 atom stereocenters. The molecule has 0 radical (unpaired) electrons. The Balaban J connectivity index is 2.60. The van der Waals surface area contributed by atoms with Gasteiger partial charge < -0.3 is 10.1 Å². The number of rotatable bonds is 3. The van der Waals surface area contributed by atoms with E-state index in [2.05, 4.69) is 25.9 Å². The van der Waals surface area contributed by atoms with Crippen LogP contribution in [0.4, 0.5) is 0 Å². The smallest absolute Gasteiger partial charge is 0.327 e. The molecule has 2 rings (SSSR count). The van der Waals surface area contributed by atoms with Crippen LogP contribution < -0.4 is 5.69 Å². The monoisotopic (exact) mass is 285 g/mol. The van der Waals surface area contributed by atoms with Crippen LogP contribution in [-0.2, 0) is 6.54 Å².